The van der Waals surface area contributed by atoms with Crippen LogP contribution >= 0.6 is 11.6 Å². The van der Waals surface area contributed by atoms with Crippen LogP contribution < -0.4 is 21.7 Å². The number of hydrogen-bond donors (Lipinski definition) is 4. The number of benzene rings is 2. The van der Waals surface area contributed by atoms with Crippen molar-refractivity contribution in [2.75, 3.05) is 0 Å². The number of nitrogens with one attached hydrogen (secondary N) is 3. The molecule has 152 valence electrons. The Kier molecular flexibility index (Phi) is 4.20. The lowest BCUT2D eigenvalue weighted by atomic mass is 9.82. The first kappa shape index (κ1) is 18.8. The Balaban J connectivity index is 1.94. The molecule has 4 aromatic rings. The van der Waals surface area contributed by atoms with Crippen LogP contribution in [0, 0.1) is 11.3 Å². The molecule has 8 nitrogen and oxygen atoms in total. The molecule has 0 bridgehead atoms. The summed E-state index contributed by atoms with van der Waals surface area (Å²) in [6.07, 6.45) is 0. The molecule has 0 saturated carbocycles. The van der Waals surface area contributed by atoms with Gasteiger partial charge in [-0.3, -0.25) is 14.8 Å². The zero-order valence-corrected chi connectivity index (χ0v) is 16.6. The number of nitrogens with zero attached hydrogens (tertiary/aromatic N) is 1. The molecule has 0 spiro atoms. The highest BCUT2D eigenvalue weighted by Crippen LogP contribution is 2.45. The maximum atomic E-state index is 12.8. The van der Waals surface area contributed by atoms with E-state index in [1.807, 2.05) is 36.4 Å². The van der Waals surface area contributed by atoms with Gasteiger partial charge in [0.1, 0.15) is 11.6 Å². The minimum Gasteiger partial charge on any atom is -0.424 e. The number of allylic oxidation sites excluding steroid dienone is 1. The average Bonchev–Trinajstić information content (AvgIpc) is 3.11. The first-order chi connectivity index (χ1) is 15.0. The van der Waals surface area contributed by atoms with Gasteiger partial charge in [0.2, 0.25) is 11.8 Å². The second-order valence-corrected chi connectivity index (χ2v) is 7.48. The summed E-state index contributed by atoms with van der Waals surface area (Å²) in [5, 5.41) is 11.1. The SMILES string of the molecule is N#CC1=C(N)Oc2[nH]c(=O)[nH]c(=O)c2C1c1c(-c2ccccc2)[nH]c2ccc(Cl)cc12. The number of rotatable bonds is 2. The van der Waals surface area contributed by atoms with Crippen molar-refractivity contribution >= 4 is 22.5 Å². The predicted molar refractivity (Wildman–Crippen MR) is 116 cm³/mol. The van der Waals surface area contributed by atoms with Crippen LogP contribution in [0.3, 0.4) is 0 Å². The van der Waals surface area contributed by atoms with E-state index in [0.29, 0.717) is 16.3 Å². The van der Waals surface area contributed by atoms with Crippen LogP contribution in [-0.2, 0) is 0 Å². The Hall–Kier alpha value is -4.22. The smallest absolute Gasteiger partial charge is 0.328 e. The lowest BCUT2D eigenvalue weighted by molar-refractivity contribution is 0.373. The molecule has 31 heavy (non-hydrogen) atoms. The van der Waals surface area contributed by atoms with Crippen molar-refractivity contribution in [1.82, 2.24) is 15.0 Å². The number of hydrogen-bond acceptors (Lipinski definition) is 5. The van der Waals surface area contributed by atoms with Crippen LogP contribution in [0.5, 0.6) is 5.88 Å². The van der Waals surface area contributed by atoms with Crippen LogP contribution in [0.15, 0.2) is 69.6 Å². The Labute approximate surface area is 179 Å². The summed E-state index contributed by atoms with van der Waals surface area (Å²) in [6.45, 7) is 0. The molecular formula is C22H14ClN5O3. The molecule has 2 aromatic carbocycles. The van der Waals surface area contributed by atoms with Crippen LogP contribution in [0.2, 0.25) is 5.02 Å². The molecule has 0 amide bonds. The first-order valence-corrected chi connectivity index (χ1v) is 9.66. The molecule has 0 radical (unpaired) electrons. The summed E-state index contributed by atoms with van der Waals surface area (Å²) in [5.74, 6) is -1.17. The van der Waals surface area contributed by atoms with Gasteiger partial charge in [-0.25, -0.2) is 4.79 Å². The zero-order valence-electron chi connectivity index (χ0n) is 15.8. The van der Waals surface area contributed by atoms with Crippen LogP contribution in [0.4, 0.5) is 0 Å². The van der Waals surface area contributed by atoms with Crippen molar-refractivity contribution in [3.63, 3.8) is 0 Å². The second-order valence-electron chi connectivity index (χ2n) is 7.05. The van der Waals surface area contributed by atoms with E-state index >= 15 is 0 Å². The van der Waals surface area contributed by atoms with Gasteiger partial charge < -0.3 is 15.5 Å². The molecule has 1 unspecified atom stereocenters. The number of halogens is 1. The normalized spacial score (nSPS) is 15.4. The Morgan fingerprint density at radius 3 is 2.55 bits per heavy atom. The minimum absolute atomic E-state index is 0.0584. The number of aromatic amines is 3. The maximum absolute atomic E-state index is 12.8. The molecule has 2 aromatic heterocycles. The van der Waals surface area contributed by atoms with Gasteiger partial charge in [0.05, 0.1) is 17.2 Å². The molecule has 9 heteroatoms. The van der Waals surface area contributed by atoms with Crippen molar-refractivity contribution in [3.8, 4) is 23.2 Å². The van der Waals surface area contributed by atoms with E-state index in [-0.39, 0.29) is 22.9 Å². The molecule has 5 N–H and O–H groups in total. The monoisotopic (exact) mass is 431 g/mol. The fourth-order valence-electron chi connectivity index (χ4n) is 4.00. The van der Waals surface area contributed by atoms with Gasteiger partial charge in [0.15, 0.2) is 0 Å². The number of nitrogens with two attached hydrogens (primary N) is 1. The molecular weight excluding hydrogens is 418 g/mol. The average molecular weight is 432 g/mol. The summed E-state index contributed by atoms with van der Waals surface area (Å²) in [6, 6.07) is 16.9. The van der Waals surface area contributed by atoms with Gasteiger partial charge >= 0.3 is 5.69 Å². The zero-order chi connectivity index (χ0) is 21.7. The summed E-state index contributed by atoms with van der Waals surface area (Å²) >= 11 is 6.28. The maximum Gasteiger partial charge on any atom is 0.328 e. The van der Waals surface area contributed by atoms with Crippen molar-refractivity contribution < 1.29 is 4.74 Å². The van der Waals surface area contributed by atoms with Gasteiger partial charge in [-0.05, 0) is 29.3 Å². The lowest BCUT2D eigenvalue weighted by Crippen LogP contribution is -2.33. The molecule has 1 aliphatic heterocycles. The molecule has 0 aliphatic carbocycles. The number of H-pyrrole nitrogens is 3. The molecule has 1 aliphatic rings. The molecule has 0 fully saturated rings. The third-order valence-electron chi connectivity index (χ3n) is 5.27. The third-order valence-corrected chi connectivity index (χ3v) is 5.51. The number of aromatic nitrogens is 3. The minimum atomic E-state index is -0.892. The Morgan fingerprint density at radius 2 is 1.81 bits per heavy atom. The van der Waals surface area contributed by atoms with Crippen molar-refractivity contribution in [1.29, 1.82) is 5.26 Å². The Bertz CT molecular complexity index is 1540. The van der Waals surface area contributed by atoms with E-state index in [4.69, 9.17) is 22.1 Å². The van der Waals surface area contributed by atoms with Crippen molar-refractivity contribution in [3.05, 3.63) is 97.0 Å². The first-order valence-electron chi connectivity index (χ1n) is 9.28. The van der Waals surface area contributed by atoms with E-state index in [0.717, 1.165) is 16.5 Å². The van der Waals surface area contributed by atoms with E-state index in [1.54, 1.807) is 12.1 Å². The molecule has 3 heterocycles. The van der Waals surface area contributed by atoms with Crippen LogP contribution in [-0.4, -0.2) is 15.0 Å². The van der Waals surface area contributed by atoms with E-state index in [1.165, 1.54) is 0 Å². The lowest BCUT2D eigenvalue weighted by Gasteiger charge is -2.25. The summed E-state index contributed by atoms with van der Waals surface area (Å²) in [7, 11) is 0. The number of ether oxygens (including phenoxy) is 1. The highest BCUT2D eigenvalue weighted by molar-refractivity contribution is 6.31. The fraction of sp³-hybridized carbons (Fsp3) is 0.0455. The highest BCUT2D eigenvalue weighted by atomic mass is 35.5. The number of nitriles is 1. The standard InChI is InChI=1S/C22H14ClN5O3/c23-11-6-7-14-12(8-11)16(18(26-14)10-4-2-1-3-5-10)15-13(9-24)19(25)31-21-17(15)20(29)27-22(30)28-21/h1-8,15,26H,25H2,(H2,27,28,29,30). The van der Waals surface area contributed by atoms with E-state index in [2.05, 4.69) is 21.0 Å². The van der Waals surface area contributed by atoms with E-state index in [9.17, 15) is 14.9 Å². The summed E-state index contributed by atoms with van der Waals surface area (Å²) < 4.78 is 5.43. The van der Waals surface area contributed by atoms with E-state index < -0.39 is 17.2 Å². The van der Waals surface area contributed by atoms with Gasteiger partial charge in [-0.1, -0.05) is 41.9 Å². The van der Waals surface area contributed by atoms with Crippen molar-refractivity contribution in [2.24, 2.45) is 5.73 Å². The molecule has 1 atom stereocenters. The third kappa shape index (κ3) is 2.91. The van der Waals surface area contributed by atoms with Gasteiger partial charge in [-0.2, -0.15) is 5.26 Å². The summed E-state index contributed by atoms with van der Waals surface area (Å²) in [5.41, 5.74) is 7.71. The van der Waals surface area contributed by atoms with Gasteiger partial charge in [0, 0.05) is 15.9 Å². The van der Waals surface area contributed by atoms with Gasteiger partial charge in [0.25, 0.3) is 5.56 Å². The molecule has 5 rings (SSSR count). The topological polar surface area (TPSA) is 141 Å². The quantitative estimate of drug-likeness (QED) is 0.386. The van der Waals surface area contributed by atoms with Gasteiger partial charge in [-0.15, -0.1) is 0 Å². The number of fused-ring (bicyclic) bond motifs is 2. The highest BCUT2D eigenvalue weighted by Gasteiger charge is 2.37. The summed E-state index contributed by atoms with van der Waals surface area (Å²) in [4.78, 5) is 32.7. The van der Waals surface area contributed by atoms with Crippen LogP contribution in [0.1, 0.15) is 17.0 Å². The molecule has 0 saturated heterocycles. The van der Waals surface area contributed by atoms with Crippen molar-refractivity contribution in [2.45, 2.75) is 5.92 Å². The Morgan fingerprint density at radius 1 is 1.03 bits per heavy atom. The predicted octanol–water partition coefficient (Wildman–Crippen LogP) is 3.08. The fourth-order valence-corrected chi connectivity index (χ4v) is 4.17. The van der Waals surface area contributed by atoms with Crippen LogP contribution in [0.25, 0.3) is 22.2 Å². The largest absolute Gasteiger partial charge is 0.424 e. The second kappa shape index (κ2) is 6.93.